The van der Waals surface area contributed by atoms with E-state index in [0.717, 1.165) is 5.56 Å². The number of ether oxygens (including phenoxy) is 1. The molecule has 6 heteroatoms. The fraction of sp³-hybridized carbons (Fsp3) is 0.167. The van der Waals surface area contributed by atoms with Gasteiger partial charge in [0.15, 0.2) is 6.61 Å². The highest BCUT2D eigenvalue weighted by Gasteiger charge is 2.26. The monoisotopic (exact) mass is 323 g/mol. The summed E-state index contributed by atoms with van der Waals surface area (Å²) in [6.07, 6.45) is 0.0605. The molecule has 0 fully saturated rings. The lowest BCUT2D eigenvalue weighted by Gasteiger charge is -2.10. The minimum absolute atomic E-state index is 0.0605. The number of carbonyl (C=O) groups excluding carboxylic acids is 2. The highest BCUT2D eigenvalue weighted by atomic mass is 16.5. The third kappa shape index (κ3) is 3.60. The van der Waals surface area contributed by atoms with Gasteiger partial charge in [-0.2, -0.15) is 10.1 Å². The second kappa shape index (κ2) is 6.95. The van der Waals surface area contributed by atoms with Gasteiger partial charge in [-0.25, -0.2) is 0 Å². The molecule has 1 N–H and O–H groups in total. The molecule has 0 unspecified atom stereocenters. The molecule has 6 nitrogen and oxygen atoms in total. The predicted molar refractivity (Wildman–Crippen MR) is 90.8 cm³/mol. The Kier molecular flexibility index (Phi) is 4.56. The highest BCUT2D eigenvalue weighted by molar-refractivity contribution is 6.15. The van der Waals surface area contributed by atoms with Crippen molar-refractivity contribution in [1.29, 1.82) is 0 Å². The number of hydrazone groups is 1. The van der Waals surface area contributed by atoms with Gasteiger partial charge in [-0.05, 0) is 30.7 Å². The van der Waals surface area contributed by atoms with E-state index in [1.807, 2.05) is 43.3 Å². The van der Waals surface area contributed by atoms with Gasteiger partial charge in [-0.3, -0.25) is 9.59 Å². The van der Waals surface area contributed by atoms with Crippen LogP contribution in [0.1, 0.15) is 12.0 Å². The van der Waals surface area contributed by atoms with Crippen LogP contribution in [0, 0.1) is 6.92 Å². The van der Waals surface area contributed by atoms with Gasteiger partial charge >= 0.3 is 0 Å². The topological polar surface area (TPSA) is 71.0 Å². The third-order valence-electron chi connectivity index (χ3n) is 3.51. The summed E-state index contributed by atoms with van der Waals surface area (Å²) < 4.78 is 5.48. The fourth-order valence-electron chi connectivity index (χ4n) is 2.33. The van der Waals surface area contributed by atoms with E-state index in [0.29, 0.717) is 17.3 Å². The predicted octanol–water partition coefficient (Wildman–Crippen LogP) is 2.24. The van der Waals surface area contributed by atoms with Gasteiger partial charge in [-0.1, -0.05) is 36.4 Å². The average molecular weight is 323 g/mol. The molecule has 0 bridgehead atoms. The molecule has 2 aromatic rings. The highest BCUT2D eigenvalue weighted by Crippen LogP contribution is 2.19. The zero-order valence-electron chi connectivity index (χ0n) is 13.2. The van der Waals surface area contributed by atoms with Gasteiger partial charge in [0, 0.05) is 0 Å². The van der Waals surface area contributed by atoms with Crippen LogP contribution in [-0.2, 0) is 9.59 Å². The molecular weight excluding hydrogens is 306 g/mol. The number of carbonyl (C=O) groups is 2. The molecule has 2 amide bonds. The van der Waals surface area contributed by atoms with E-state index in [1.165, 1.54) is 5.01 Å². The van der Waals surface area contributed by atoms with E-state index >= 15 is 0 Å². The number of rotatable bonds is 4. The number of nitrogens with zero attached hydrogens (tertiary/aromatic N) is 2. The number of anilines is 1. The maximum absolute atomic E-state index is 12.0. The van der Waals surface area contributed by atoms with Crippen molar-refractivity contribution in [3.8, 4) is 5.75 Å². The lowest BCUT2D eigenvalue weighted by molar-refractivity contribution is -0.121. The smallest absolute Gasteiger partial charge is 0.263 e. The van der Waals surface area contributed by atoms with Crippen molar-refractivity contribution in [2.24, 2.45) is 5.10 Å². The lowest BCUT2D eigenvalue weighted by Crippen LogP contribution is -2.33. The zero-order chi connectivity index (χ0) is 16.9. The summed E-state index contributed by atoms with van der Waals surface area (Å²) in [6.45, 7) is 1.77. The van der Waals surface area contributed by atoms with Crippen LogP contribution in [0.15, 0.2) is 59.7 Å². The van der Waals surface area contributed by atoms with E-state index in [2.05, 4.69) is 10.4 Å². The SMILES string of the molecule is Cc1ccccc1OCC(=O)NC1=NN(c2ccccc2)C(=O)C1. The van der Waals surface area contributed by atoms with E-state index in [9.17, 15) is 9.59 Å². The minimum atomic E-state index is -0.347. The lowest BCUT2D eigenvalue weighted by atomic mass is 10.2. The molecule has 0 saturated carbocycles. The molecule has 24 heavy (non-hydrogen) atoms. The molecule has 0 aliphatic carbocycles. The molecule has 3 rings (SSSR count). The van der Waals surface area contributed by atoms with Gasteiger partial charge in [-0.15, -0.1) is 0 Å². The van der Waals surface area contributed by atoms with Crippen molar-refractivity contribution in [1.82, 2.24) is 5.32 Å². The van der Waals surface area contributed by atoms with Crippen molar-refractivity contribution in [3.63, 3.8) is 0 Å². The van der Waals surface area contributed by atoms with Gasteiger partial charge in [0.25, 0.3) is 11.8 Å². The van der Waals surface area contributed by atoms with Crippen LogP contribution in [0.2, 0.25) is 0 Å². The Balaban J connectivity index is 1.59. The number of hydrogen-bond donors (Lipinski definition) is 1. The second-order valence-electron chi connectivity index (χ2n) is 5.37. The summed E-state index contributed by atoms with van der Waals surface area (Å²) in [5, 5.41) is 8.08. The van der Waals surface area contributed by atoms with E-state index in [-0.39, 0.29) is 24.8 Å². The third-order valence-corrected chi connectivity index (χ3v) is 3.51. The van der Waals surface area contributed by atoms with E-state index in [1.54, 1.807) is 18.2 Å². The first-order chi connectivity index (χ1) is 11.6. The first kappa shape index (κ1) is 15.7. The molecule has 0 atom stereocenters. The van der Waals surface area contributed by atoms with Gasteiger partial charge in [0.05, 0.1) is 12.1 Å². The van der Waals surface area contributed by atoms with E-state index < -0.39 is 0 Å². The molecule has 0 saturated heterocycles. The summed E-state index contributed by atoms with van der Waals surface area (Å²) >= 11 is 0. The summed E-state index contributed by atoms with van der Waals surface area (Å²) in [4.78, 5) is 24.0. The maximum atomic E-state index is 12.0. The fourth-order valence-corrected chi connectivity index (χ4v) is 2.33. The average Bonchev–Trinajstić information content (AvgIpc) is 2.95. The molecular formula is C18H17N3O3. The number of para-hydroxylation sites is 2. The number of aryl methyl sites for hydroxylation is 1. The summed E-state index contributed by atoms with van der Waals surface area (Å²) in [6, 6.07) is 16.5. The number of amides is 2. The molecule has 0 aromatic heterocycles. The summed E-state index contributed by atoms with van der Waals surface area (Å²) in [7, 11) is 0. The van der Waals surface area contributed by atoms with Crippen LogP contribution in [0.25, 0.3) is 0 Å². The Labute approximate surface area is 139 Å². The Morgan fingerprint density at radius 1 is 1.17 bits per heavy atom. The maximum Gasteiger partial charge on any atom is 0.263 e. The van der Waals surface area contributed by atoms with E-state index in [4.69, 9.17) is 4.74 Å². The molecule has 0 spiro atoms. The van der Waals surface area contributed by atoms with Crippen LogP contribution in [0.4, 0.5) is 5.69 Å². The molecule has 122 valence electrons. The molecule has 1 heterocycles. The Bertz CT molecular complexity index is 787. The summed E-state index contributed by atoms with van der Waals surface area (Å²) in [5.41, 5.74) is 1.62. The van der Waals surface area contributed by atoms with Crippen LogP contribution >= 0.6 is 0 Å². The number of nitrogens with one attached hydrogen (secondary N) is 1. The number of benzene rings is 2. The van der Waals surface area contributed by atoms with Crippen molar-refractivity contribution >= 4 is 23.3 Å². The molecule has 1 aliphatic rings. The molecule has 1 aliphatic heterocycles. The largest absolute Gasteiger partial charge is 0.483 e. The normalized spacial score (nSPS) is 13.6. The van der Waals surface area contributed by atoms with Crippen LogP contribution in [0.5, 0.6) is 5.75 Å². The van der Waals surface area contributed by atoms with Crippen LogP contribution in [-0.4, -0.2) is 24.3 Å². The van der Waals surface area contributed by atoms with Gasteiger partial charge < -0.3 is 10.1 Å². The second-order valence-corrected chi connectivity index (χ2v) is 5.37. The Morgan fingerprint density at radius 3 is 2.62 bits per heavy atom. The van der Waals surface area contributed by atoms with Crippen molar-refractivity contribution in [2.45, 2.75) is 13.3 Å². The Hall–Kier alpha value is -3.15. The summed E-state index contributed by atoms with van der Waals surface area (Å²) in [5.74, 6) is 0.446. The van der Waals surface area contributed by atoms with Gasteiger partial charge in [0.1, 0.15) is 11.6 Å². The quantitative estimate of drug-likeness (QED) is 0.938. The zero-order valence-corrected chi connectivity index (χ0v) is 13.2. The minimum Gasteiger partial charge on any atom is -0.483 e. The first-order valence-electron chi connectivity index (χ1n) is 7.57. The van der Waals surface area contributed by atoms with Crippen LogP contribution < -0.4 is 15.1 Å². The van der Waals surface area contributed by atoms with Crippen molar-refractivity contribution in [2.75, 3.05) is 11.6 Å². The van der Waals surface area contributed by atoms with Crippen LogP contribution in [0.3, 0.4) is 0 Å². The Morgan fingerprint density at radius 2 is 1.88 bits per heavy atom. The van der Waals surface area contributed by atoms with Crippen molar-refractivity contribution < 1.29 is 14.3 Å². The first-order valence-corrected chi connectivity index (χ1v) is 7.57. The van der Waals surface area contributed by atoms with Crippen molar-refractivity contribution in [3.05, 3.63) is 60.2 Å². The number of amidine groups is 1. The number of hydrogen-bond acceptors (Lipinski definition) is 4. The molecule has 0 radical (unpaired) electrons. The standard InChI is InChI=1S/C18H17N3O3/c1-13-7-5-6-10-15(13)24-12-17(22)19-16-11-18(23)21(20-16)14-8-3-2-4-9-14/h2-10H,11-12H2,1H3,(H,19,20,22). The van der Waals surface area contributed by atoms with Gasteiger partial charge in [0.2, 0.25) is 0 Å². The molecule has 2 aromatic carbocycles.